The van der Waals surface area contributed by atoms with E-state index in [9.17, 15) is 13.2 Å². The number of thiazole rings is 1. The summed E-state index contributed by atoms with van der Waals surface area (Å²) >= 11 is 1.33. The molecule has 1 aliphatic heterocycles. The van der Waals surface area contributed by atoms with Crippen LogP contribution in [0.15, 0.2) is 47.4 Å². The third kappa shape index (κ3) is 4.25. The Hall–Kier alpha value is -2.69. The molecule has 1 atom stereocenters. The van der Waals surface area contributed by atoms with Crippen molar-refractivity contribution in [3.63, 3.8) is 0 Å². The summed E-state index contributed by atoms with van der Waals surface area (Å²) in [7, 11) is -3.96. The molecule has 1 aromatic heterocycles. The smallest absolute Gasteiger partial charge is 0.244 e. The van der Waals surface area contributed by atoms with Crippen molar-refractivity contribution in [2.24, 2.45) is 5.92 Å². The second-order valence-electron chi connectivity index (χ2n) is 7.12. The van der Waals surface area contributed by atoms with Gasteiger partial charge < -0.3 is 14.8 Å². The summed E-state index contributed by atoms with van der Waals surface area (Å²) in [5.41, 5.74) is 0.774. The van der Waals surface area contributed by atoms with Gasteiger partial charge in [-0.05, 0) is 30.2 Å². The van der Waals surface area contributed by atoms with Crippen LogP contribution in [-0.4, -0.2) is 38.6 Å². The van der Waals surface area contributed by atoms with Crippen LogP contribution >= 0.6 is 11.3 Å². The Morgan fingerprint density at radius 2 is 1.83 bits per heavy atom. The minimum absolute atomic E-state index is 0.00480. The molecule has 1 amide bonds. The number of rotatable bonds is 6. The van der Waals surface area contributed by atoms with Crippen molar-refractivity contribution in [3.8, 4) is 11.5 Å². The van der Waals surface area contributed by atoms with Crippen LogP contribution in [-0.2, 0) is 14.8 Å². The number of hydrogen-bond acceptors (Lipinski definition) is 7. The molecule has 2 N–H and O–H groups in total. The number of ether oxygens (including phenoxy) is 2. The summed E-state index contributed by atoms with van der Waals surface area (Å²) in [5, 5.41) is 3.16. The van der Waals surface area contributed by atoms with Crippen molar-refractivity contribution in [1.82, 2.24) is 9.71 Å². The lowest BCUT2D eigenvalue weighted by atomic mass is 10.1. The molecule has 158 valence electrons. The van der Waals surface area contributed by atoms with Crippen LogP contribution in [0.3, 0.4) is 0 Å². The molecule has 1 aliphatic rings. The van der Waals surface area contributed by atoms with Gasteiger partial charge in [0.15, 0.2) is 16.6 Å². The molecule has 0 saturated carbocycles. The van der Waals surface area contributed by atoms with Crippen molar-refractivity contribution in [1.29, 1.82) is 0 Å². The van der Waals surface area contributed by atoms with Crippen LogP contribution in [0.2, 0.25) is 0 Å². The molecule has 10 heteroatoms. The van der Waals surface area contributed by atoms with Crippen molar-refractivity contribution >= 4 is 42.6 Å². The fourth-order valence-electron chi connectivity index (χ4n) is 3.03. The number of fused-ring (bicyclic) bond motifs is 2. The predicted octanol–water partition coefficient (Wildman–Crippen LogP) is 3.01. The van der Waals surface area contributed by atoms with E-state index in [-0.39, 0.29) is 10.8 Å². The number of carbonyl (C=O) groups excluding carboxylic acids is 1. The molecular weight excluding hydrogens is 426 g/mol. The van der Waals surface area contributed by atoms with Gasteiger partial charge in [-0.25, -0.2) is 13.4 Å². The highest BCUT2D eigenvalue weighted by Crippen LogP contribution is 2.32. The first-order valence-corrected chi connectivity index (χ1v) is 11.7. The maximum Gasteiger partial charge on any atom is 0.244 e. The first-order valence-electron chi connectivity index (χ1n) is 9.42. The number of carbonyl (C=O) groups is 1. The number of amides is 1. The minimum atomic E-state index is -3.96. The molecule has 0 saturated heterocycles. The molecule has 0 unspecified atom stereocenters. The lowest BCUT2D eigenvalue weighted by Crippen LogP contribution is -2.47. The van der Waals surface area contributed by atoms with Gasteiger partial charge in [0.05, 0.1) is 15.1 Å². The zero-order valence-corrected chi connectivity index (χ0v) is 18.0. The average Bonchev–Trinajstić information content (AvgIpc) is 3.13. The molecule has 0 fully saturated rings. The van der Waals surface area contributed by atoms with E-state index in [1.54, 1.807) is 19.9 Å². The molecule has 8 nitrogen and oxygen atoms in total. The molecule has 0 bridgehead atoms. The van der Waals surface area contributed by atoms with Gasteiger partial charge in [-0.3, -0.25) is 4.79 Å². The summed E-state index contributed by atoms with van der Waals surface area (Å²) in [5.74, 6) is 0.106. The van der Waals surface area contributed by atoms with E-state index in [1.165, 1.54) is 23.5 Å². The molecule has 4 rings (SSSR count). The quantitative estimate of drug-likeness (QED) is 0.602. The number of nitrogens with one attached hydrogen (secondary N) is 2. The first kappa shape index (κ1) is 20.6. The number of anilines is 1. The molecule has 2 aromatic carbocycles. The Balaban J connectivity index is 1.54. The van der Waals surface area contributed by atoms with Gasteiger partial charge in [-0.1, -0.05) is 37.3 Å². The van der Waals surface area contributed by atoms with Crippen LogP contribution < -0.4 is 19.5 Å². The number of hydrogen-bond donors (Lipinski definition) is 2. The zero-order valence-electron chi connectivity index (χ0n) is 16.4. The normalized spacial score (nSPS) is 14.6. The highest BCUT2D eigenvalue weighted by atomic mass is 32.2. The zero-order chi connectivity index (χ0) is 21.3. The van der Waals surface area contributed by atoms with Gasteiger partial charge in [0.2, 0.25) is 15.9 Å². The second-order valence-corrected chi connectivity index (χ2v) is 9.87. The highest BCUT2D eigenvalue weighted by molar-refractivity contribution is 7.89. The molecule has 30 heavy (non-hydrogen) atoms. The van der Waals surface area contributed by atoms with E-state index < -0.39 is 22.0 Å². The monoisotopic (exact) mass is 447 g/mol. The first-order chi connectivity index (χ1) is 14.3. The maximum absolute atomic E-state index is 12.9. The number of nitrogens with zero attached hydrogens (tertiary/aromatic N) is 1. The largest absolute Gasteiger partial charge is 0.486 e. The SMILES string of the molecule is CC(C)[C@@H](NS(=O)(=O)c1ccc2c(c1)OCCO2)C(=O)Nc1nc2ccccc2s1. The van der Waals surface area contributed by atoms with Crippen LogP contribution in [0.1, 0.15) is 13.8 Å². The summed E-state index contributed by atoms with van der Waals surface area (Å²) < 4.78 is 40.2. The standard InChI is InChI=1S/C20H21N3O5S2/c1-12(2)18(19(24)22-20-21-14-5-3-4-6-17(14)29-20)23-30(25,26)13-7-8-15-16(11-13)28-10-9-27-15/h3-8,11-12,18,23H,9-10H2,1-2H3,(H,21,22,24)/t18-/m1/s1. The Labute approximate surface area is 178 Å². The van der Waals surface area contributed by atoms with E-state index in [0.29, 0.717) is 29.8 Å². The molecular formula is C20H21N3O5S2. The van der Waals surface area contributed by atoms with Gasteiger partial charge in [0.1, 0.15) is 19.3 Å². The Bertz CT molecular complexity index is 1160. The fourth-order valence-corrected chi connectivity index (χ4v) is 5.25. The Kier molecular flexibility index (Phi) is 5.63. The van der Waals surface area contributed by atoms with Crippen molar-refractivity contribution in [2.75, 3.05) is 18.5 Å². The predicted molar refractivity (Wildman–Crippen MR) is 115 cm³/mol. The van der Waals surface area contributed by atoms with Gasteiger partial charge in [0.25, 0.3) is 0 Å². The molecule has 0 radical (unpaired) electrons. The summed E-state index contributed by atoms with van der Waals surface area (Å²) in [6.07, 6.45) is 0. The highest BCUT2D eigenvalue weighted by Gasteiger charge is 2.30. The van der Waals surface area contributed by atoms with E-state index in [1.807, 2.05) is 24.3 Å². The number of benzene rings is 2. The van der Waals surface area contributed by atoms with E-state index >= 15 is 0 Å². The van der Waals surface area contributed by atoms with Crippen LogP contribution in [0.4, 0.5) is 5.13 Å². The fraction of sp³-hybridized carbons (Fsp3) is 0.300. The second kappa shape index (κ2) is 8.21. The van der Waals surface area contributed by atoms with Crippen molar-refractivity contribution in [2.45, 2.75) is 24.8 Å². The number of sulfonamides is 1. The lowest BCUT2D eigenvalue weighted by molar-refractivity contribution is -0.118. The van der Waals surface area contributed by atoms with Gasteiger partial charge in [0, 0.05) is 6.07 Å². The maximum atomic E-state index is 12.9. The Morgan fingerprint density at radius 1 is 1.10 bits per heavy atom. The topological polar surface area (TPSA) is 107 Å². The number of aromatic nitrogens is 1. The molecule has 0 aliphatic carbocycles. The molecule has 3 aromatic rings. The lowest BCUT2D eigenvalue weighted by Gasteiger charge is -2.22. The van der Waals surface area contributed by atoms with Crippen LogP contribution in [0.5, 0.6) is 11.5 Å². The average molecular weight is 448 g/mol. The van der Waals surface area contributed by atoms with Gasteiger partial charge >= 0.3 is 0 Å². The number of para-hydroxylation sites is 1. The Morgan fingerprint density at radius 3 is 2.57 bits per heavy atom. The van der Waals surface area contributed by atoms with E-state index in [2.05, 4.69) is 15.0 Å². The van der Waals surface area contributed by atoms with Gasteiger partial charge in [-0.15, -0.1) is 0 Å². The van der Waals surface area contributed by atoms with E-state index in [4.69, 9.17) is 9.47 Å². The third-order valence-electron chi connectivity index (χ3n) is 4.58. The third-order valence-corrected chi connectivity index (χ3v) is 6.97. The summed E-state index contributed by atoms with van der Waals surface area (Å²) in [6.45, 7) is 4.31. The van der Waals surface area contributed by atoms with Crippen LogP contribution in [0.25, 0.3) is 10.2 Å². The van der Waals surface area contributed by atoms with Gasteiger partial charge in [-0.2, -0.15) is 4.72 Å². The van der Waals surface area contributed by atoms with E-state index in [0.717, 1.165) is 10.2 Å². The van der Waals surface area contributed by atoms with Crippen molar-refractivity contribution in [3.05, 3.63) is 42.5 Å². The molecule has 0 spiro atoms. The molecule has 2 heterocycles. The van der Waals surface area contributed by atoms with Crippen LogP contribution in [0, 0.1) is 5.92 Å². The summed E-state index contributed by atoms with van der Waals surface area (Å²) in [4.78, 5) is 17.2. The minimum Gasteiger partial charge on any atom is -0.486 e. The van der Waals surface area contributed by atoms with Crippen molar-refractivity contribution < 1.29 is 22.7 Å². The summed E-state index contributed by atoms with van der Waals surface area (Å²) in [6, 6.07) is 10.9.